The topological polar surface area (TPSA) is 29.1 Å². The van der Waals surface area contributed by atoms with Crippen LogP contribution in [-0.4, -0.2) is 5.91 Å². The lowest BCUT2D eigenvalue weighted by molar-refractivity contribution is 0.0940. The molecule has 0 aliphatic carbocycles. The molecule has 94 valence electrons. The van der Waals surface area contributed by atoms with E-state index in [-0.39, 0.29) is 11.9 Å². The Hall–Kier alpha value is -1.13. The van der Waals surface area contributed by atoms with Gasteiger partial charge < -0.3 is 5.32 Å². The zero-order valence-electron chi connectivity index (χ0n) is 10.2. The summed E-state index contributed by atoms with van der Waals surface area (Å²) in [4.78, 5) is 13.4. The van der Waals surface area contributed by atoms with Gasteiger partial charge >= 0.3 is 0 Å². The summed E-state index contributed by atoms with van der Waals surface area (Å²) in [5.74, 6) is -0.0327. The first-order valence-corrected chi connectivity index (χ1v) is 7.35. The van der Waals surface area contributed by atoms with Gasteiger partial charge in [-0.2, -0.15) is 0 Å². The number of carbonyl (C=O) groups excluding carboxylic acids is 1. The zero-order chi connectivity index (χ0) is 13.1. The Morgan fingerprint density at radius 2 is 2.17 bits per heavy atom. The van der Waals surface area contributed by atoms with E-state index in [1.165, 1.54) is 0 Å². The third-order valence-electron chi connectivity index (χ3n) is 2.76. The van der Waals surface area contributed by atoms with Crippen molar-refractivity contribution in [2.24, 2.45) is 0 Å². The van der Waals surface area contributed by atoms with Crippen molar-refractivity contribution in [3.8, 4) is 0 Å². The quantitative estimate of drug-likeness (QED) is 0.895. The molecule has 1 aromatic carbocycles. The minimum atomic E-state index is -0.0327. The monoisotopic (exact) mass is 323 g/mol. The molecule has 0 aliphatic heterocycles. The second-order valence-electron chi connectivity index (χ2n) is 4.17. The van der Waals surface area contributed by atoms with Crippen LogP contribution in [0.15, 0.2) is 40.2 Å². The Bertz CT molecular complexity index is 551. The van der Waals surface area contributed by atoms with Crippen LogP contribution in [0.2, 0.25) is 0 Å². The number of amides is 1. The summed E-state index contributed by atoms with van der Waals surface area (Å²) in [5.41, 5.74) is 1.70. The lowest BCUT2D eigenvalue weighted by Gasteiger charge is -2.13. The molecular formula is C14H14BrNOS. The summed E-state index contributed by atoms with van der Waals surface area (Å²) in [6, 6.07) is 9.79. The molecule has 0 saturated carbocycles. The number of rotatable bonds is 3. The standard InChI is InChI=1S/C14H14BrNOS/c1-9-5-6-11(15)8-12(9)14(17)16-10(2)13-4-3-7-18-13/h3-8,10H,1-2H3,(H,16,17). The van der Waals surface area contributed by atoms with Gasteiger partial charge in [0.2, 0.25) is 0 Å². The third kappa shape index (κ3) is 3.00. The van der Waals surface area contributed by atoms with Crippen LogP contribution in [0, 0.1) is 6.92 Å². The van der Waals surface area contributed by atoms with Gasteiger partial charge in [-0.25, -0.2) is 0 Å². The van der Waals surface area contributed by atoms with Crippen LogP contribution in [0.5, 0.6) is 0 Å². The Morgan fingerprint density at radius 3 is 2.83 bits per heavy atom. The average molecular weight is 324 g/mol. The van der Waals surface area contributed by atoms with E-state index in [0.29, 0.717) is 5.56 Å². The number of carbonyl (C=O) groups is 1. The maximum absolute atomic E-state index is 12.2. The summed E-state index contributed by atoms with van der Waals surface area (Å²) in [7, 11) is 0. The van der Waals surface area contributed by atoms with Crippen molar-refractivity contribution in [1.29, 1.82) is 0 Å². The van der Waals surface area contributed by atoms with E-state index in [0.717, 1.165) is 14.9 Å². The van der Waals surface area contributed by atoms with E-state index in [9.17, 15) is 4.79 Å². The van der Waals surface area contributed by atoms with Gasteiger partial charge in [0.05, 0.1) is 6.04 Å². The SMILES string of the molecule is Cc1ccc(Br)cc1C(=O)NC(C)c1cccs1. The number of halogens is 1. The average Bonchev–Trinajstić information content (AvgIpc) is 2.85. The first-order chi connectivity index (χ1) is 8.58. The van der Waals surface area contributed by atoms with Crippen LogP contribution in [0.4, 0.5) is 0 Å². The molecule has 1 unspecified atom stereocenters. The molecule has 0 fully saturated rings. The molecule has 4 heteroatoms. The first-order valence-electron chi connectivity index (χ1n) is 5.68. The molecule has 0 aliphatic rings. The molecule has 1 heterocycles. The van der Waals surface area contributed by atoms with Gasteiger partial charge in [0.15, 0.2) is 0 Å². The highest BCUT2D eigenvalue weighted by Crippen LogP contribution is 2.20. The zero-order valence-corrected chi connectivity index (χ0v) is 12.6. The number of hydrogen-bond acceptors (Lipinski definition) is 2. The number of hydrogen-bond donors (Lipinski definition) is 1. The minimum Gasteiger partial charge on any atom is -0.345 e. The summed E-state index contributed by atoms with van der Waals surface area (Å²) < 4.78 is 0.919. The fraction of sp³-hybridized carbons (Fsp3) is 0.214. The number of aryl methyl sites for hydroxylation is 1. The van der Waals surface area contributed by atoms with E-state index in [1.807, 2.05) is 49.6 Å². The van der Waals surface area contributed by atoms with E-state index in [2.05, 4.69) is 21.2 Å². The Morgan fingerprint density at radius 1 is 1.39 bits per heavy atom. The molecule has 0 spiro atoms. The highest BCUT2D eigenvalue weighted by Gasteiger charge is 2.14. The van der Waals surface area contributed by atoms with Gasteiger partial charge in [-0.1, -0.05) is 28.1 Å². The Balaban J connectivity index is 2.15. The molecule has 18 heavy (non-hydrogen) atoms. The first kappa shape index (κ1) is 13.3. The summed E-state index contributed by atoms with van der Waals surface area (Å²) in [6.07, 6.45) is 0. The molecule has 2 aromatic rings. The van der Waals surface area contributed by atoms with Gasteiger partial charge in [-0.3, -0.25) is 4.79 Å². The second kappa shape index (κ2) is 5.67. The summed E-state index contributed by atoms with van der Waals surface area (Å²) in [5, 5.41) is 5.03. The highest BCUT2D eigenvalue weighted by atomic mass is 79.9. The van der Waals surface area contributed by atoms with Crippen LogP contribution in [0.1, 0.15) is 33.8 Å². The van der Waals surface area contributed by atoms with Crippen molar-refractivity contribution in [1.82, 2.24) is 5.32 Å². The van der Waals surface area contributed by atoms with Crippen LogP contribution in [0.3, 0.4) is 0 Å². The van der Waals surface area contributed by atoms with Crippen molar-refractivity contribution in [3.63, 3.8) is 0 Å². The predicted octanol–water partition coefficient (Wildman–Crippen LogP) is 4.31. The summed E-state index contributed by atoms with van der Waals surface area (Å²) in [6.45, 7) is 3.94. The molecule has 0 radical (unpaired) electrons. The normalized spacial score (nSPS) is 12.2. The van der Waals surface area contributed by atoms with Crippen molar-refractivity contribution < 1.29 is 4.79 Å². The van der Waals surface area contributed by atoms with Crippen LogP contribution in [-0.2, 0) is 0 Å². The van der Waals surface area contributed by atoms with E-state index < -0.39 is 0 Å². The molecule has 0 saturated heterocycles. The van der Waals surface area contributed by atoms with Crippen LogP contribution < -0.4 is 5.32 Å². The van der Waals surface area contributed by atoms with Gasteiger partial charge in [0.1, 0.15) is 0 Å². The predicted molar refractivity (Wildman–Crippen MR) is 79.1 cm³/mol. The van der Waals surface area contributed by atoms with Gasteiger partial charge in [-0.05, 0) is 43.0 Å². The van der Waals surface area contributed by atoms with Gasteiger partial charge in [0, 0.05) is 14.9 Å². The Labute approximate surface area is 119 Å². The number of thiophene rings is 1. The van der Waals surface area contributed by atoms with E-state index in [4.69, 9.17) is 0 Å². The number of benzene rings is 1. The van der Waals surface area contributed by atoms with E-state index in [1.54, 1.807) is 11.3 Å². The molecule has 1 atom stereocenters. The largest absolute Gasteiger partial charge is 0.345 e. The maximum Gasteiger partial charge on any atom is 0.252 e. The van der Waals surface area contributed by atoms with Crippen LogP contribution in [0.25, 0.3) is 0 Å². The molecule has 2 rings (SSSR count). The molecule has 1 aromatic heterocycles. The fourth-order valence-corrected chi connectivity index (χ4v) is 2.82. The minimum absolute atomic E-state index is 0.0327. The molecule has 1 amide bonds. The van der Waals surface area contributed by atoms with E-state index >= 15 is 0 Å². The maximum atomic E-state index is 12.2. The van der Waals surface area contributed by atoms with Gasteiger partial charge in [-0.15, -0.1) is 11.3 Å². The molecule has 2 nitrogen and oxygen atoms in total. The van der Waals surface area contributed by atoms with Crippen molar-refractivity contribution in [3.05, 3.63) is 56.2 Å². The number of nitrogens with one attached hydrogen (secondary N) is 1. The lowest BCUT2D eigenvalue weighted by Crippen LogP contribution is -2.26. The Kier molecular flexibility index (Phi) is 4.19. The summed E-state index contributed by atoms with van der Waals surface area (Å²) >= 11 is 5.04. The molecular weight excluding hydrogens is 310 g/mol. The third-order valence-corrected chi connectivity index (χ3v) is 4.31. The second-order valence-corrected chi connectivity index (χ2v) is 6.06. The van der Waals surface area contributed by atoms with Gasteiger partial charge in [0.25, 0.3) is 5.91 Å². The van der Waals surface area contributed by atoms with Crippen molar-refractivity contribution in [2.45, 2.75) is 19.9 Å². The molecule has 0 bridgehead atoms. The highest BCUT2D eigenvalue weighted by molar-refractivity contribution is 9.10. The fourth-order valence-electron chi connectivity index (χ4n) is 1.72. The van der Waals surface area contributed by atoms with Crippen molar-refractivity contribution >= 4 is 33.2 Å². The van der Waals surface area contributed by atoms with Crippen LogP contribution >= 0.6 is 27.3 Å². The molecule has 1 N–H and O–H groups in total. The van der Waals surface area contributed by atoms with Crippen molar-refractivity contribution in [2.75, 3.05) is 0 Å². The smallest absolute Gasteiger partial charge is 0.252 e. The lowest BCUT2D eigenvalue weighted by atomic mass is 10.1.